The summed E-state index contributed by atoms with van der Waals surface area (Å²) in [6.45, 7) is 2.28. The smallest absolute Gasteiger partial charge is 0.256 e. The molecule has 1 aromatic rings. The number of amidine groups is 1. The van der Waals surface area contributed by atoms with Crippen LogP contribution >= 0.6 is 0 Å². The van der Waals surface area contributed by atoms with Crippen molar-refractivity contribution in [3.63, 3.8) is 0 Å². The molecule has 1 amide bonds. The Morgan fingerprint density at radius 2 is 1.96 bits per heavy atom. The molecule has 1 atom stereocenters. The fourth-order valence-corrected chi connectivity index (χ4v) is 3.63. The van der Waals surface area contributed by atoms with Crippen molar-refractivity contribution in [3.05, 3.63) is 59.8 Å². The molecule has 0 radical (unpaired) electrons. The highest BCUT2D eigenvalue weighted by Crippen LogP contribution is 2.22. The zero-order valence-electron chi connectivity index (χ0n) is 13.6. The van der Waals surface area contributed by atoms with Gasteiger partial charge in [0.15, 0.2) is 0 Å². The fourth-order valence-electron chi connectivity index (χ4n) is 2.66. The first-order valence-electron chi connectivity index (χ1n) is 7.69. The molecule has 0 aromatic heterocycles. The van der Waals surface area contributed by atoms with Crippen LogP contribution < -0.4 is 0 Å². The van der Waals surface area contributed by atoms with Crippen LogP contribution in [0.4, 0.5) is 0 Å². The lowest BCUT2D eigenvalue weighted by Gasteiger charge is -2.30. The van der Waals surface area contributed by atoms with E-state index in [1.807, 2.05) is 37.3 Å². The molecule has 0 fully saturated rings. The maximum atomic E-state index is 12.7. The van der Waals surface area contributed by atoms with Gasteiger partial charge < -0.3 is 9.80 Å². The highest BCUT2D eigenvalue weighted by Gasteiger charge is 2.27. The molecular formula is C17H19N3O3S. The van der Waals surface area contributed by atoms with Gasteiger partial charge in [0, 0.05) is 19.8 Å². The largest absolute Gasteiger partial charge is 0.335 e. The number of benzene rings is 1. The van der Waals surface area contributed by atoms with Crippen molar-refractivity contribution < 1.29 is 13.2 Å². The van der Waals surface area contributed by atoms with Gasteiger partial charge in [-0.25, -0.2) is 8.42 Å². The summed E-state index contributed by atoms with van der Waals surface area (Å²) in [5, 5.41) is 0. The lowest BCUT2D eigenvalue weighted by molar-refractivity contribution is -0.127. The Morgan fingerprint density at radius 1 is 1.25 bits per heavy atom. The van der Waals surface area contributed by atoms with E-state index in [0.717, 1.165) is 5.56 Å². The van der Waals surface area contributed by atoms with Crippen molar-refractivity contribution in [2.45, 2.75) is 13.0 Å². The maximum Gasteiger partial charge on any atom is 0.256 e. The molecule has 0 aliphatic carbocycles. The van der Waals surface area contributed by atoms with Gasteiger partial charge in [-0.3, -0.25) is 4.79 Å². The zero-order chi connectivity index (χ0) is 17.3. The molecule has 1 aromatic carbocycles. The Balaban J connectivity index is 1.79. The topological polar surface area (TPSA) is 70.1 Å². The number of amides is 1. The molecule has 0 saturated carbocycles. The Hall–Kier alpha value is -2.41. The molecular weight excluding hydrogens is 326 g/mol. The third kappa shape index (κ3) is 3.26. The van der Waals surface area contributed by atoms with Crippen LogP contribution in [0.25, 0.3) is 0 Å². The second-order valence-electron chi connectivity index (χ2n) is 5.85. The summed E-state index contributed by atoms with van der Waals surface area (Å²) >= 11 is 0. The standard InChI is InChI=1S/C17H19N3O3S/c1-13(14-6-4-3-5-7-14)19(2)17(21)15-8-9-16-18-24(22,23)11-10-20(16)12-15/h3-9,12-13H,10-11H2,1-2H3/t13-/m0/s1. The monoisotopic (exact) mass is 345 g/mol. The Labute approximate surface area is 141 Å². The van der Waals surface area contributed by atoms with Crippen molar-refractivity contribution in [1.29, 1.82) is 0 Å². The predicted molar refractivity (Wildman–Crippen MR) is 92.8 cm³/mol. The average Bonchev–Trinajstić information content (AvgIpc) is 2.59. The number of sulfonamides is 1. The SMILES string of the molecule is C[C@@H](c1ccccc1)N(C)C(=O)C1=CN2CCS(=O)(=O)N=C2C=C1. The van der Waals surface area contributed by atoms with Crippen LogP contribution in [0.1, 0.15) is 18.5 Å². The Bertz CT molecular complexity index is 841. The van der Waals surface area contributed by atoms with Gasteiger partial charge in [-0.2, -0.15) is 0 Å². The second-order valence-corrected chi connectivity index (χ2v) is 7.60. The van der Waals surface area contributed by atoms with Crippen molar-refractivity contribution in [3.8, 4) is 0 Å². The number of hydrogen-bond donors (Lipinski definition) is 0. The molecule has 2 aliphatic heterocycles. The van der Waals surface area contributed by atoms with Crippen molar-refractivity contribution in [2.24, 2.45) is 4.40 Å². The lowest BCUT2D eigenvalue weighted by atomic mass is 10.1. The highest BCUT2D eigenvalue weighted by molar-refractivity contribution is 7.90. The molecule has 0 bridgehead atoms. The first-order chi connectivity index (χ1) is 11.4. The van der Waals surface area contributed by atoms with E-state index in [1.54, 1.807) is 35.2 Å². The first-order valence-corrected chi connectivity index (χ1v) is 9.29. The van der Waals surface area contributed by atoms with Gasteiger partial charge in [0.05, 0.1) is 17.4 Å². The quantitative estimate of drug-likeness (QED) is 0.836. The van der Waals surface area contributed by atoms with E-state index in [2.05, 4.69) is 4.40 Å². The Kier molecular flexibility index (Phi) is 4.28. The van der Waals surface area contributed by atoms with E-state index < -0.39 is 10.0 Å². The number of rotatable bonds is 3. The van der Waals surface area contributed by atoms with Crippen LogP contribution in [0, 0.1) is 0 Å². The number of hydrogen-bond acceptors (Lipinski definition) is 4. The van der Waals surface area contributed by atoms with Crippen LogP contribution in [-0.2, 0) is 14.8 Å². The van der Waals surface area contributed by atoms with Crippen LogP contribution in [0.15, 0.2) is 58.7 Å². The molecule has 3 rings (SSSR count). The molecule has 126 valence electrons. The lowest BCUT2D eigenvalue weighted by Crippen LogP contribution is -2.38. The van der Waals surface area contributed by atoms with Crippen molar-refractivity contribution in [2.75, 3.05) is 19.3 Å². The van der Waals surface area contributed by atoms with Gasteiger partial charge in [-0.15, -0.1) is 4.40 Å². The number of nitrogens with zero attached hydrogens (tertiary/aromatic N) is 3. The summed E-state index contributed by atoms with van der Waals surface area (Å²) in [6.07, 6.45) is 4.86. The number of carbonyl (C=O) groups is 1. The fraction of sp³-hybridized carbons (Fsp3) is 0.294. The molecule has 7 heteroatoms. The van der Waals surface area contributed by atoms with Gasteiger partial charge >= 0.3 is 0 Å². The molecule has 0 saturated heterocycles. The van der Waals surface area contributed by atoms with Gasteiger partial charge in [0.2, 0.25) is 0 Å². The van der Waals surface area contributed by atoms with Crippen LogP contribution in [-0.4, -0.2) is 49.3 Å². The number of carbonyl (C=O) groups excluding carboxylic acids is 1. The van der Waals surface area contributed by atoms with Gasteiger partial charge in [0.25, 0.3) is 15.9 Å². The minimum Gasteiger partial charge on any atom is -0.335 e. The third-order valence-corrected chi connectivity index (χ3v) is 5.42. The van der Waals surface area contributed by atoms with Crippen LogP contribution in [0.5, 0.6) is 0 Å². The normalized spacial score (nSPS) is 19.8. The zero-order valence-corrected chi connectivity index (χ0v) is 14.4. The van der Waals surface area contributed by atoms with Crippen LogP contribution in [0.3, 0.4) is 0 Å². The van der Waals surface area contributed by atoms with E-state index in [-0.39, 0.29) is 17.7 Å². The summed E-state index contributed by atoms with van der Waals surface area (Å²) in [4.78, 5) is 16.1. The van der Waals surface area contributed by atoms with Crippen LogP contribution in [0.2, 0.25) is 0 Å². The van der Waals surface area contributed by atoms with E-state index >= 15 is 0 Å². The third-order valence-electron chi connectivity index (χ3n) is 4.25. The summed E-state index contributed by atoms with van der Waals surface area (Å²) in [7, 11) is -1.62. The summed E-state index contributed by atoms with van der Waals surface area (Å²) in [5.41, 5.74) is 1.57. The predicted octanol–water partition coefficient (Wildman–Crippen LogP) is 1.70. The van der Waals surface area contributed by atoms with E-state index in [0.29, 0.717) is 18.0 Å². The maximum absolute atomic E-state index is 12.7. The number of fused-ring (bicyclic) bond motifs is 1. The molecule has 24 heavy (non-hydrogen) atoms. The van der Waals surface area contributed by atoms with E-state index in [1.165, 1.54) is 0 Å². The van der Waals surface area contributed by atoms with Crippen molar-refractivity contribution >= 4 is 21.8 Å². The summed E-state index contributed by atoms with van der Waals surface area (Å²) < 4.78 is 26.8. The summed E-state index contributed by atoms with van der Waals surface area (Å²) in [6, 6.07) is 9.74. The molecule has 2 aliphatic rings. The molecule has 0 unspecified atom stereocenters. The molecule has 0 spiro atoms. The van der Waals surface area contributed by atoms with Gasteiger partial charge in [-0.05, 0) is 24.6 Å². The van der Waals surface area contributed by atoms with E-state index in [9.17, 15) is 13.2 Å². The minimum atomic E-state index is -3.39. The summed E-state index contributed by atoms with van der Waals surface area (Å²) in [5.74, 6) is 0.199. The highest BCUT2D eigenvalue weighted by atomic mass is 32.2. The second kappa shape index (κ2) is 6.24. The van der Waals surface area contributed by atoms with E-state index in [4.69, 9.17) is 0 Å². The van der Waals surface area contributed by atoms with Crippen molar-refractivity contribution in [1.82, 2.24) is 9.80 Å². The molecule has 2 heterocycles. The molecule has 0 N–H and O–H groups in total. The average molecular weight is 345 g/mol. The first kappa shape index (κ1) is 16.4. The van der Waals surface area contributed by atoms with Gasteiger partial charge in [0.1, 0.15) is 5.84 Å². The Morgan fingerprint density at radius 3 is 2.67 bits per heavy atom. The minimum absolute atomic E-state index is 0.0431. The number of likely N-dealkylation sites (N-methyl/N-ethyl adjacent to an activating group) is 1. The molecule has 6 nitrogen and oxygen atoms in total. The van der Waals surface area contributed by atoms with Gasteiger partial charge in [-0.1, -0.05) is 30.3 Å².